The molecular formula is C20H30N2OS. The van der Waals surface area contributed by atoms with E-state index in [-0.39, 0.29) is 5.54 Å². The Kier molecular flexibility index (Phi) is 6.67. The summed E-state index contributed by atoms with van der Waals surface area (Å²) in [4.78, 5) is 2.31. The van der Waals surface area contributed by atoms with Crippen molar-refractivity contribution >= 4 is 17.3 Å². The summed E-state index contributed by atoms with van der Waals surface area (Å²) in [7, 11) is 1.69. The molecule has 1 aromatic carbocycles. The Hall–Kier alpha value is -1.55. The number of nitrogens with zero attached hydrogens (tertiary/aromatic N) is 1. The van der Waals surface area contributed by atoms with Gasteiger partial charge in [0.1, 0.15) is 5.75 Å². The third-order valence-corrected chi connectivity index (χ3v) is 4.52. The van der Waals surface area contributed by atoms with Gasteiger partial charge in [0, 0.05) is 18.6 Å². The molecule has 1 aromatic rings. The molecule has 132 valence electrons. The summed E-state index contributed by atoms with van der Waals surface area (Å²) >= 11 is 5.71. The van der Waals surface area contributed by atoms with Crippen molar-refractivity contribution in [2.45, 2.75) is 52.1 Å². The monoisotopic (exact) mass is 346 g/mol. The van der Waals surface area contributed by atoms with E-state index in [1.165, 1.54) is 18.4 Å². The lowest BCUT2D eigenvalue weighted by Gasteiger charge is -2.34. The maximum Gasteiger partial charge on any atom is 0.169 e. The first kappa shape index (κ1) is 18.8. The largest absolute Gasteiger partial charge is 0.497 e. The van der Waals surface area contributed by atoms with Crippen LogP contribution in [-0.4, -0.2) is 29.2 Å². The van der Waals surface area contributed by atoms with Gasteiger partial charge in [-0.3, -0.25) is 0 Å². The summed E-state index contributed by atoms with van der Waals surface area (Å²) in [5, 5.41) is 4.31. The molecule has 1 atom stereocenters. The molecule has 0 aliphatic heterocycles. The molecule has 1 N–H and O–H groups in total. The van der Waals surface area contributed by atoms with Gasteiger partial charge < -0.3 is 15.0 Å². The molecule has 0 saturated heterocycles. The second-order valence-electron chi connectivity index (χ2n) is 7.56. The van der Waals surface area contributed by atoms with E-state index in [0.717, 1.165) is 30.4 Å². The zero-order chi connectivity index (χ0) is 17.6. The Bertz CT molecular complexity index is 560. The average molecular weight is 347 g/mol. The van der Waals surface area contributed by atoms with Crippen molar-refractivity contribution in [2.24, 2.45) is 5.92 Å². The molecule has 4 heteroatoms. The van der Waals surface area contributed by atoms with Crippen molar-refractivity contribution in [3.63, 3.8) is 0 Å². The molecule has 0 heterocycles. The zero-order valence-corrected chi connectivity index (χ0v) is 16.2. The Labute approximate surface area is 152 Å². The zero-order valence-electron chi connectivity index (χ0n) is 15.3. The van der Waals surface area contributed by atoms with Crippen LogP contribution in [0.2, 0.25) is 0 Å². The standard InChI is InChI=1S/C20H30N2OS/c1-20(2,3)21-19(24)22(14-16-8-6-5-7-9-16)15-17-10-12-18(23-4)13-11-17/h5-6,10-13,16H,7-9,14-15H2,1-4H3,(H,21,24)/t16-/m1/s1. The quantitative estimate of drug-likeness (QED) is 0.625. The molecule has 0 saturated carbocycles. The number of methoxy groups -OCH3 is 1. The van der Waals surface area contributed by atoms with E-state index < -0.39 is 0 Å². The highest BCUT2D eigenvalue weighted by molar-refractivity contribution is 7.80. The van der Waals surface area contributed by atoms with Crippen LogP contribution in [0.5, 0.6) is 5.75 Å². The highest BCUT2D eigenvalue weighted by atomic mass is 32.1. The van der Waals surface area contributed by atoms with Gasteiger partial charge in [0.25, 0.3) is 0 Å². The fourth-order valence-corrected chi connectivity index (χ4v) is 3.35. The molecule has 1 aliphatic rings. The lowest BCUT2D eigenvalue weighted by atomic mass is 9.94. The first-order chi connectivity index (χ1) is 11.4. The van der Waals surface area contributed by atoms with Crippen LogP contribution in [0.4, 0.5) is 0 Å². The Morgan fingerprint density at radius 3 is 2.50 bits per heavy atom. The van der Waals surface area contributed by atoms with Crippen LogP contribution in [0.25, 0.3) is 0 Å². The van der Waals surface area contributed by atoms with Gasteiger partial charge in [-0.25, -0.2) is 0 Å². The van der Waals surface area contributed by atoms with Crippen molar-refractivity contribution < 1.29 is 4.74 Å². The highest BCUT2D eigenvalue weighted by Gasteiger charge is 2.20. The molecule has 0 unspecified atom stereocenters. The molecule has 24 heavy (non-hydrogen) atoms. The minimum atomic E-state index is -0.0261. The molecule has 0 aromatic heterocycles. The van der Waals surface area contributed by atoms with Gasteiger partial charge in [-0.05, 0) is 75.9 Å². The minimum Gasteiger partial charge on any atom is -0.497 e. The fourth-order valence-electron chi connectivity index (χ4n) is 2.90. The van der Waals surface area contributed by atoms with Crippen LogP contribution in [0, 0.1) is 5.92 Å². The molecule has 0 fully saturated rings. The van der Waals surface area contributed by atoms with Gasteiger partial charge >= 0.3 is 0 Å². The van der Waals surface area contributed by atoms with Crippen LogP contribution in [0.1, 0.15) is 45.6 Å². The lowest BCUT2D eigenvalue weighted by molar-refractivity contribution is 0.304. The van der Waals surface area contributed by atoms with Crippen molar-refractivity contribution in [1.82, 2.24) is 10.2 Å². The second-order valence-corrected chi connectivity index (χ2v) is 7.95. The second kappa shape index (κ2) is 8.52. The normalized spacial score (nSPS) is 17.4. The minimum absolute atomic E-state index is 0.0261. The SMILES string of the molecule is COc1ccc(CN(C[C@@H]2CC=CCC2)C(=S)NC(C)(C)C)cc1. The number of rotatable bonds is 5. The molecule has 0 radical (unpaired) electrons. The molecule has 0 amide bonds. The number of hydrogen-bond acceptors (Lipinski definition) is 2. The molecule has 1 aliphatic carbocycles. The average Bonchev–Trinajstić information content (AvgIpc) is 2.54. The molecular weight excluding hydrogens is 316 g/mol. The highest BCUT2D eigenvalue weighted by Crippen LogP contribution is 2.21. The fraction of sp³-hybridized carbons (Fsp3) is 0.550. The van der Waals surface area contributed by atoms with Crippen LogP contribution in [0.3, 0.4) is 0 Å². The summed E-state index contributed by atoms with van der Waals surface area (Å²) in [5.74, 6) is 1.56. The van der Waals surface area contributed by atoms with Gasteiger partial charge in [-0.2, -0.15) is 0 Å². The predicted molar refractivity (Wildman–Crippen MR) is 105 cm³/mol. The molecule has 2 rings (SSSR count). The van der Waals surface area contributed by atoms with E-state index in [1.807, 2.05) is 12.1 Å². The summed E-state index contributed by atoms with van der Waals surface area (Å²) in [5.41, 5.74) is 1.22. The van der Waals surface area contributed by atoms with Crippen LogP contribution in [0.15, 0.2) is 36.4 Å². The summed E-state index contributed by atoms with van der Waals surface area (Å²) in [6.45, 7) is 8.26. The van der Waals surface area contributed by atoms with Gasteiger partial charge in [0.2, 0.25) is 0 Å². The van der Waals surface area contributed by atoms with Gasteiger partial charge in [-0.15, -0.1) is 0 Å². The van der Waals surface area contributed by atoms with E-state index in [9.17, 15) is 0 Å². The van der Waals surface area contributed by atoms with E-state index in [0.29, 0.717) is 5.92 Å². The third-order valence-electron chi connectivity index (χ3n) is 4.16. The Balaban J connectivity index is 2.07. The van der Waals surface area contributed by atoms with E-state index >= 15 is 0 Å². The number of benzene rings is 1. The maximum atomic E-state index is 5.71. The van der Waals surface area contributed by atoms with Crippen molar-refractivity contribution in [2.75, 3.05) is 13.7 Å². The third kappa shape index (κ3) is 6.16. The lowest BCUT2D eigenvalue weighted by Crippen LogP contribution is -2.49. The number of hydrogen-bond donors (Lipinski definition) is 1. The van der Waals surface area contributed by atoms with Crippen LogP contribution < -0.4 is 10.1 Å². The first-order valence-corrected chi connectivity index (χ1v) is 9.13. The Morgan fingerprint density at radius 1 is 1.25 bits per heavy atom. The van der Waals surface area contributed by atoms with Crippen LogP contribution in [-0.2, 0) is 6.54 Å². The summed E-state index contributed by atoms with van der Waals surface area (Å²) < 4.78 is 5.25. The van der Waals surface area contributed by atoms with Crippen LogP contribution >= 0.6 is 12.2 Å². The number of ether oxygens (including phenoxy) is 1. The van der Waals surface area contributed by atoms with Gasteiger partial charge in [0.15, 0.2) is 5.11 Å². The van der Waals surface area contributed by atoms with Crippen molar-refractivity contribution in [3.8, 4) is 5.75 Å². The topological polar surface area (TPSA) is 24.5 Å². The molecule has 0 spiro atoms. The summed E-state index contributed by atoms with van der Waals surface area (Å²) in [6.07, 6.45) is 8.17. The number of thiocarbonyl (C=S) groups is 1. The van der Waals surface area contributed by atoms with E-state index in [2.05, 4.69) is 55.3 Å². The first-order valence-electron chi connectivity index (χ1n) is 8.72. The van der Waals surface area contributed by atoms with Crippen molar-refractivity contribution in [3.05, 3.63) is 42.0 Å². The molecule has 0 bridgehead atoms. The summed E-state index contributed by atoms with van der Waals surface area (Å²) in [6, 6.07) is 8.26. The Morgan fingerprint density at radius 2 is 1.96 bits per heavy atom. The van der Waals surface area contributed by atoms with Crippen molar-refractivity contribution in [1.29, 1.82) is 0 Å². The number of nitrogens with one attached hydrogen (secondary N) is 1. The number of allylic oxidation sites excluding steroid dienone is 2. The van der Waals surface area contributed by atoms with Gasteiger partial charge in [0.05, 0.1) is 7.11 Å². The van der Waals surface area contributed by atoms with E-state index in [1.54, 1.807) is 7.11 Å². The molecule has 3 nitrogen and oxygen atoms in total. The maximum absolute atomic E-state index is 5.71. The predicted octanol–water partition coefficient (Wildman–Crippen LogP) is 4.53. The van der Waals surface area contributed by atoms with E-state index in [4.69, 9.17) is 17.0 Å². The smallest absolute Gasteiger partial charge is 0.169 e. The van der Waals surface area contributed by atoms with Gasteiger partial charge in [-0.1, -0.05) is 24.3 Å².